The number of hydrogen-bond acceptors (Lipinski definition) is 2. The molecule has 2 aromatic carbocycles. The van der Waals surface area contributed by atoms with E-state index in [0.29, 0.717) is 6.42 Å². The van der Waals surface area contributed by atoms with Gasteiger partial charge in [-0.25, -0.2) is 0 Å². The van der Waals surface area contributed by atoms with Crippen molar-refractivity contribution in [3.8, 4) is 0 Å². The molecule has 1 fully saturated rings. The maximum absolute atomic E-state index is 12.9. The van der Waals surface area contributed by atoms with Gasteiger partial charge < -0.3 is 10.2 Å². The zero-order valence-electron chi connectivity index (χ0n) is 13.7. The zero-order chi connectivity index (χ0) is 16.8. The molecule has 1 amide bonds. The molecule has 0 aromatic heterocycles. The minimum atomic E-state index is -0.0105. The Morgan fingerprint density at radius 2 is 1.79 bits per heavy atom. The molecule has 0 spiro atoms. The Morgan fingerprint density at radius 3 is 2.58 bits per heavy atom. The molecule has 0 saturated carbocycles. The van der Waals surface area contributed by atoms with Crippen molar-refractivity contribution >= 4 is 17.5 Å². The van der Waals surface area contributed by atoms with Gasteiger partial charge >= 0.3 is 0 Å². The van der Waals surface area contributed by atoms with Gasteiger partial charge in [0.15, 0.2) is 0 Å². The lowest BCUT2D eigenvalue weighted by molar-refractivity contribution is -0.131. The fourth-order valence-corrected chi connectivity index (χ4v) is 3.52. The summed E-state index contributed by atoms with van der Waals surface area (Å²) in [6.45, 7) is 3.46. The molecule has 1 aliphatic rings. The van der Waals surface area contributed by atoms with Crippen molar-refractivity contribution in [2.45, 2.75) is 18.8 Å². The molecular formula is C20H23ClN2O. The highest BCUT2D eigenvalue weighted by Gasteiger charge is 2.24. The second-order valence-electron chi connectivity index (χ2n) is 6.17. The molecule has 1 atom stereocenters. The van der Waals surface area contributed by atoms with Crippen LogP contribution in [0.1, 0.15) is 29.9 Å². The first-order chi connectivity index (χ1) is 11.8. The van der Waals surface area contributed by atoms with E-state index in [2.05, 4.69) is 17.4 Å². The first-order valence-corrected chi connectivity index (χ1v) is 8.91. The number of carbonyl (C=O) groups is 1. The summed E-state index contributed by atoms with van der Waals surface area (Å²) in [5.41, 5.74) is 2.15. The summed E-state index contributed by atoms with van der Waals surface area (Å²) in [5.74, 6) is 0.191. The predicted octanol–water partition coefficient (Wildman–Crippen LogP) is 3.68. The van der Waals surface area contributed by atoms with E-state index in [1.54, 1.807) is 0 Å². The van der Waals surface area contributed by atoms with Gasteiger partial charge in [-0.1, -0.05) is 60.1 Å². The molecule has 0 radical (unpaired) electrons. The van der Waals surface area contributed by atoms with Crippen LogP contribution in [0.15, 0.2) is 54.6 Å². The Bertz CT molecular complexity index is 666. The second kappa shape index (κ2) is 8.32. The topological polar surface area (TPSA) is 32.3 Å². The molecule has 2 aromatic rings. The summed E-state index contributed by atoms with van der Waals surface area (Å²) in [7, 11) is 0. The van der Waals surface area contributed by atoms with Crippen molar-refractivity contribution in [2.24, 2.45) is 0 Å². The van der Waals surface area contributed by atoms with Gasteiger partial charge in [0, 0.05) is 37.0 Å². The van der Waals surface area contributed by atoms with Crippen LogP contribution in [0, 0.1) is 0 Å². The van der Waals surface area contributed by atoms with E-state index in [-0.39, 0.29) is 11.8 Å². The summed E-state index contributed by atoms with van der Waals surface area (Å²) >= 11 is 6.43. The van der Waals surface area contributed by atoms with Crippen LogP contribution in [0.5, 0.6) is 0 Å². The van der Waals surface area contributed by atoms with Gasteiger partial charge in [-0.05, 0) is 30.2 Å². The van der Waals surface area contributed by atoms with Gasteiger partial charge in [0.1, 0.15) is 0 Å². The van der Waals surface area contributed by atoms with Crippen LogP contribution in [0.2, 0.25) is 5.02 Å². The number of rotatable bonds is 4. The van der Waals surface area contributed by atoms with Crippen LogP contribution in [-0.4, -0.2) is 37.0 Å². The summed E-state index contributed by atoms with van der Waals surface area (Å²) in [4.78, 5) is 14.9. The van der Waals surface area contributed by atoms with Crippen LogP contribution < -0.4 is 5.32 Å². The molecule has 1 saturated heterocycles. The standard InChI is InChI=1S/C20H23ClN2O/c21-19-10-5-4-9-17(19)18(16-7-2-1-3-8-16)15-20(24)23-13-6-11-22-12-14-23/h1-5,7-10,18,22H,6,11-15H2/t18-/m1/s1. The summed E-state index contributed by atoms with van der Waals surface area (Å²) in [5, 5.41) is 4.06. The number of amides is 1. The molecule has 0 bridgehead atoms. The van der Waals surface area contributed by atoms with Gasteiger partial charge in [0.2, 0.25) is 5.91 Å². The molecular weight excluding hydrogens is 320 g/mol. The van der Waals surface area contributed by atoms with Crippen molar-refractivity contribution in [1.82, 2.24) is 10.2 Å². The monoisotopic (exact) mass is 342 g/mol. The summed E-state index contributed by atoms with van der Waals surface area (Å²) in [6, 6.07) is 18.0. The van der Waals surface area contributed by atoms with Gasteiger partial charge in [0.05, 0.1) is 0 Å². The Morgan fingerprint density at radius 1 is 1.04 bits per heavy atom. The molecule has 3 nitrogen and oxygen atoms in total. The van der Waals surface area contributed by atoms with Gasteiger partial charge in [-0.3, -0.25) is 4.79 Å². The average molecular weight is 343 g/mol. The zero-order valence-corrected chi connectivity index (χ0v) is 14.5. The molecule has 1 aliphatic heterocycles. The highest BCUT2D eigenvalue weighted by molar-refractivity contribution is 6.31. The number of carbonyl (C=O) groups excluding carboxylic acids is 1. The maximum Gasteiger partial charge on any atom is 0.223 e. The Labute approximate surface area is 148 Å². The van der Waals surface area contributed by atoms with Crippen molar-refractivity contribution in [3.63, 3.8) is 0 Å². The van der Waals surface area contributed by atoms with E-state index in [4.69, 9.17) is 11.6 Å². The second-order valence-corrected chi connectivity index (χ2v) is 6.58. The van der Waals surface area contributed by atoms with E-state index in [9.17, 15) is 4.79 Å². The molecule has 126 valence electrons. The molecule has 3 rings (SSSR count). The van der Waals surface area contributed by atoms with Crippen LogP contribution in [0.25, 0.3) is 0 Å². The average Bonchev–Trinajstić information content (AvgIpc) is 2.90. The third kappa shape index (κ3) is 4.16. The number of hydrogen-bond donors (Lipinski definition) is 1. The highest BCUT2D eigenvalue weighted by Crippen LogP contribution is 2.33. The molecule has 0 aliphatic carbocycles. The summed E-state index contributed by atoms with van der Waals surface area (Å²) < 4.78 is 0. The minimum Gasteiger partial charge on any atom is -0.341 e. The number of benzene rings is 2. The van der Waals surface area contributed by atoms with Crippen LogP contribution in [-0.2, 0) is 4.79 Å². The van der Waals surface area contributed by atoms with E-state index < -0.39 is 0 Å². The minimum absolute atomic E-state index is 0.0105. The van der Waals surface area contributed by atoms with E-state index in [1.165, 1.54) is 0 Å². The summed E-state index contributed by atoms with van der Waals surface area (Å²) in [6.07, 6.45) is 1.46. The van der Waals surface area contributed by atoms with Crippen molar-refractivity contribution in [1.29, 1.82) is 0 Å². The van der Waals surface area contributed by atoms with Crippen LogP contribution in [0.4, 0.5) is 0 Å². The van der Waals surface area contributed by atoms with Crippen molar-refractivity contribution in [3.05, 3.63) is 70.7 Å². The molecule has 1 heterocycles. The highest BCUT2D eigenvalue weighted by atomic mass is 35.5. The molecule has 24 heavy (non-hydrogen) atoms. The Kier molecular flexibility index (Phi) is 5.89. The fourth-order valence-electron chi connectivity index (χ4n) is 3.25. The van der Waals surface area contributed by atoms with Crippen molar-refractivity contribution < 1.29 is 4.79 Å². The number of halogens is 1. The number of nitrogens with one attached hydrogen (secondary N) is 1. The first kappa shape index (κ1) is 17.0. The van der Waals surface area contributed by atoms with Crippen LogP contribution in [0.3, 0.4) is 0 Å². The van der Waals surface area contributed by atoms with Crippen LogP contribution >= 0.6 is 11.6 Å². The van der Waals surface area contributed by atoms with Gasteiger partial charge in [0.25, 0.3) is 0 Å². The Balaban J connectivity index is 1.85. The third-order valence-electron chi connectivity index (χ3n) is 4.55. The Hall–Kier alpha value is -1.84. The SMILES string of the molecule is O=C(C[C@H](c1ccccc1)c1ccccc1Cl)N1CCCNCC1. The molecule has 4 heteroatoms. The molecule has 1 N–H and O–H groups in total. The fraction of sp³-hybridized carbons (Fsp3) is 0.350. The normalized spacial score (nSPS) is 16.5. The van der Waals surface area contributed by atoms with Gasteiger partial charge in [-0.15, -0.1) is 0 Å². The number of nitrogens with zero attached hydrogens (tertiary/aromatic N) is 1. The first-order valence-electron chi connectivity index (χ1n) is 8.53. The van der Waals surface area contributed by atoms with E-state index in [0.717, 1.165) is 48.7 Å². The smallest absolute Gasteiger partial charge is 0.223 e. The van der Waals surface area contributed by atoms with E-state index >= 15 is 0 Å². The maximum atomic E-state index is 12.9. The third-order valence-corrected chi connectivity index (χ3v) is 4.90. The largest absolute Gasteiger partial charge is 0.341 e. The van der Waals surface area contributed by atoms with E-state index in [1.807, 2.05) is 47.4 Å². The molecule has 0 unspecified atom stereocenters. The van der Waals surface area contributed by atoms with Gasteiger partial charge in [-0.2, -0.15) is 0 Å². The lowest BCUT2D eigenvalue weighted by Gasteiger charge is -2.24. The van der Waals surface area contributed by atoms with Crippen molar-refractivity contribution in [2.75, 3.05) is 26.2 Å². The predicted molar refractivity (Wildman–Crippen MR) is 98.4 cm³/mol. The lowest BCUT2D eigenvalue weighted by atomic mass is 9.88. The quantitative estimate of drug-likeness (QED) is 0.919. The lowest BCUT2D eigenvalue weighted by Crippen LogP contribution is -2.35.